The summed E-state index contributed by atoms with van der Waals surface area (Å²) in [5.41, 5.74) is 5.27. The summed E-state index contributed by atoms with van der Waals surface area (Å²) in [5, 5.41) is 16.3. The van der Waals surface area contributed by atoms with Crippen molar-refractivity contribution >= 4 is 24.1 Å². The van der Waals surface area contributed by atoms with Gasteiger partial charge in [-0.3, -0.25) is 0 Å². The van der Waals surface area contributed by atoms with E-state index in [4.69, 9.17) is 15.8 Å². The minimum atomic E-state index is -1.35. The molecule has 0 aromatic rings. The highest BCUT2D eigenvalue weighted by molar-refractivity contribution is 8.93. The van der Waals surface area contributed by atoms with Gasteiger partial charge in [-0.15, -0.1) is 17.0 Å². The molecule has 0 amide bonds. The Labute approximate surface area is 59.1 Å². The molecule has 0 saturated carbocycles. The molecule has 5 heteroatoms. The van der Waals surface area contributed by atoms with Gasteiger partial charge in [0, 0.05) is 6.32 Å². The summed E-state index contributed by atoms with van der Waals surface area (Å²) in [5.74, 6) is 0. The predicted molar refractivity (Wildman–Crippen MR) is 38.6 cm³/mol. The maximum absolute atomic E-state index is 8.14. The second-order valence-electron chi connectivity index (χ2n) is 1.34. The summed E-state index contributed by atoms with van der Waals surface area (Å²) in [7, 11) is -1.35. The minimum absolute atomic E-state index is 0. The Morgan fingerprint density at radius 2 is 2.00 bits per heavy atom. The van der Waals surface area contributed by atoms with Gasteiger partial charge in [-0.2, -0.15) is 0 Å². The molecule has 0 radical (unpaired) electrons. The molecule has 0 aliphatic carbocycles. The third kappa shape index (κ3) is 9.38. The van der Waals surface area contributed by atoms with Crippen molar-refractivity contribution in [3.63, 3.8) is 0 Å². The summed E-state index contributed by atoms with van der Waals surface area (Å²) in [6, 6.07) is 0. The van der Waals surface area contributed by atoms with Crippen LogP contribution in [0.15, 0.2) is 12.3 Å². The third-order valence-electron chi connectivity index (χ3n) is 0.445. The van der Waals surface area contributed by atoms with Crippen LogP contribution in [0.5, 0.6) is 0 Å². The highest BCUT2D eigenvalue weighted by Gasteiger charge is 2.04. The summed E-state index contributed by atoms with van der Waals surface area (Å²) >= 11 is 0. The van der Waals surface area contributed by atoms with Crippen LogP contribution in [0.25, 0.3) is 0 Å². The number of halogens is 1. The van der Waals surface area contributed by atoms with Gasteiger partial charge in [0.1, 0.15) is 0 Å². The van der Waals surface area contributed by atoms with Crippen molar-refractivity contribution < 1.29 is 10.0 Å². The monoisotopic (exact) mass is 181 g/mol. The zero-order valence-corrected chi connectivity index (χ0v) is 6.08. The van der Waals surface area contributed by atoms with E-state index in [1.54, 1.807) is 0 Å². The predicted octanol–water partition coefficient (Wildman–Crippen LogP) is -0.490. The zero-order chi connectivity index (χ0) is 5.86. The molecule has 0 aliphatic heterocycles. The second-order valence-corrected chi connectivity index (χ2v) is 1.34. The van der Waals surface area contributed by atoms with Crippen molar-refractivity contribution in [3.05, 3.63) is 12.3 Å². The van der Waals surface area contributed by atoms with Gasteiger partial charge in [-0.1, -0.05) is 6.58 Å². The first-order chi connectivity index (χ1) is 3.13. The van der Waals surface area contributed by atoms with E-state index in [2.05, 4.69) is 6.58 Å². The molecule has 0 rings (SSSR count). The number of allylic oxidation sites excluding steroid dienone is 1. The molecule has 0 spiro atoms. The van der Waals surface area contributed by atoms with E-state index in [0.29, 0.717) is 0 Å². The van der Waals surface area contributed by atoms with Gasteiger partial charge < -0.3 is 15.8 Å². The van der Waals surface area contributed by atoms with E-state index >= 15 is 0 Å². The van der Waals surface area contributed by atoms with Gasteiger partial charge in [-0.05, 0) is 5.70 Å². The van der Waals surface area contributed by atoms with Crippen molar-refractivity contribution in [3.8, 4) is 0 Å². The van der Waals surface area contributed by atoms with E-state index in [1.807, 2.05) is 0 Å². The van der Waals surface area contributed by atoms with Gasteiger partial charge in [0.15, 0.2) is 0 Å². The molecule has 4 N–H and O–H groups in total. The Hall–Kier alpha value is 0.00494. The zero-order valence-electron chi connectivity index (χ0n) is 4.37. The molecular formula is C3H9BBrNO2. The van der Waals surface area contributed by atoms with Crippen LogP contribution >= 0.6 is 17.0 Å². The molecule has 0 heterocycles. The standard InChI is InChI=1S/C3H8BNO2.BrH/c1-3(5)2-4(6)7;/h6-7H,1-2,5H2;1H. The Balaban J connectivity index is 0. The molecule has 0 aromatic heterocycles. The molecule has 0 bridgehead atoms. The lowest BCUT2D eigenvalue weighted by Crippen LogP contribution is -2.13. The molecule has 48 valence electrons. The fraction of sp³-hybridized carbons (Fsp3) is 0.333. The van der Waals surface area contributed by atoms with Crippen molar-refractivity contribution in [1.82, 2.24) is 0 Å². The first-order valence-electron chi connectivity index (χ1n) is 1.92. The summed E-state index contributed by atoms with van der Waals surface area (Å²) < 4.78 is 0. The van der Waals surface area contributed by atoms with Crippen molar-refractivity contribution in [2.45, 2.75) is 6.32 Å². The van der Waals surface area contributed by atoms with E-state index in [9.17, 15) is 0 Å². The van der Waals surface area contributed by atoms with Crippen LogP contribution in [-0.4, -0.2) is 17.2 Å². The quantitative estimate of drug-likeness (QED) is 0.504. The van der Waals surface area contributed by atoms with Crippen LogP contribution in [0.4, 0.5) is 0 Å². The van der Waals surface area contributed by atoms with Crippen LogP contribution < -0.4 is 5.73 Å². The first-order valence-corrected chi connectivity index (χ1v) is 1.92. The highest BCUT2D eigenvalue weighted by Crippen LogP contribution is 1.88. The van der Waals surface area contributed by atoms with E-state index in [0.717, 1.165) is 0 Å². The van der Waals surface area contributed by atoms with Crippen LogP contribution in [-0.2, 0) is 0 Å². The first kappa shape index (κ1) is 10.9. The minimum Gasteiger partial charge on any atom is -0.427 e. The number of hydrogen-bond acceptors (Lipinski definition) is 3. The van der Waals surface area contributed by atoms with Crippen molar-refractivity contribution in [1.29, 1.82) is 0 Å². The number of nitrogens with two attached hydrogens (primary N) is 1. The van der Waals surface area contributed by atoms with E-state index < -0.39 is 7.12 Å². The molecular weight excluding hydrogens is 173 g/mol. The summed E-state index contributed by atoms with van der Waals surface area (Å²) in [6.07, 6.45) is 0.0556. The van der Waals surface area contributed by atoms with Crippen LogP contribution in [0.3, 0.4) is 0 Å². The third-order valence-corrected chi connectivity index (χ3v) is 0.445. The van der Waals surface area contributed by atoms with Crippen LogP contribution in [0, 0.1) is 0 Å². The van der Waals surface area contributed by atoms with E-state index in [-0.39, 0.29) is 29.0 Å². The average molecular weight is 182 g/mol. The van der Waals surface area contributed by atoms with Gasteiger partial charge in [0.05, 0.1) is 0 Å². The highest BCUT2D eigenvalue weighted by atomic mass is 79.9. The van der Waals surface area contributed by atoms with Gasteiger partial charge in [-0.25, -0.2) is 0 Å². The molecule has 0 aromatic carbocycles. The van der Waals surface area contributed by atoms with Gasteiger partial charge in [0.2, 0.25) is 0 Å². The SMILES string of the molecule is Br.C=C(N)CB(O)O. The van der Waals surface area contributed by atoms with Gasteiger partial charge >= 0.3 is 7.12 Å². The lowest BCUT2D eigenvalue weighted by atomic mass is 9.85. The Morgan fingerprint density at radius 1 is 1.62 bits per heavy atom. The smallest absolute Gasteiger partial charge is 0.427 e. The van der Waals surface area contributed by atoms with Gasteiger partial charge in [0.25, 0.3) is 0 Å². The maximum Gasteiger partial charge on any atom is 0.457 e. The average Bonchev–Trinajstić information content (AvgIpc) is 1.27. The largest absolute Gasteiger partial charge is 0.457 e. The molecule has 3 nitrogen and oxygen atoms in total. The molecule has 0 unspecified atom stereocenters. The normalized spacial score (nSPS) is 7.25. The molecule has 0 atom stereocenters. The Kier molecular flexibility index (Phi) is 7.01. The molecule has 0 saturated heterocycles. The maximum atomic E-state index is 8.14. The van der Waals surface area contributed by atoms with Crippen molar-refractivity contribution in [2.75, 3.05) is 0 Å². The fourth-order valence-corrected chi connectivity index (χ4v) is 0.235. The lowest BCUT2D eigenvalue weighted by Gasteiger charge is -1.93. The molecule has 0 aliphatic rings. The van der Waals surface area contributed by atoms with Crippen LogP contribution in [0.1, 0.15) is 0 Å². The lowest BCUT2D eigenvalue weighted by molar-refractivity contribution is 0.409. The summed E-state index contributed by atoms with van der Waals surface area (Å²) in [4.78, 5) is 0. The Morgan fingerprint density at radius 3 is 2.00 bits per heavy atom. The second kappa shape index (κ2) is 5.15. The van der Waals surface area contributed by atoms with E-state index in [1.165, 1.54) is 0 Å². The fourth-order valence-electron chi connectivity index (χ4n) is 0.235. The molecule has 8 heavy (non-hydrogen) atoms. The molecule has 0 fully saturated rings. The number of hydrogen-bond donors (Lipinski definition) is 3. The summed E-state index contributed by atoms with van der Waals surface area (Å²) in [6.45, 7) is 3.25. The number of rotatable bonds is 2. The van der Waals surface area contributed by atoms with Crippen LogP contribution in [0.2, 0.25) is 6.32 Å². The van der Waals surface area contributed by atoms with Crippen molar-refractivity contribution in [2.24, 2.45) is 5.73 Å². The topological polar surface area (TPSA) is 66.5 Å². The Bertz CT molecular complexity index is 77.7.